The normalized spacial score (nSPS) is 12.2. The number of halogens is 2. The van der Waals surface area contributed by atoms with E-state index in [2.05, 4.69) is 4.98 Å². The van der Waals surface area contributed by atoms with Gasteiger partial charge in [0, 0.05) is 19.2 Å². The third-order valence-electron chi connectivity index (χ3n) is 3.98. The van der Waals surface area contributed by atoms with E-state index in [9.17, 15) is 27.3 Å². The zero-order valence-electron chi connectivity index (χ0n) is 14.0. The van der Waals surface area contributed by atoms with Gasteiger partial charge in [0.15, 0.2) is 0 Å². The molecular formula is C16H14F2N4O4S. The molecule has 0 bridgehead atoms. The van der Waals surface area contributed by atoms with Crippen LogP contribution >= 0.6 is 0 Å². The molecule has 11 heteroatoms. The SMILES string of the molecule is CN(Cc1nc2ccccc2n1C(F)F)S(=O)(=O)c1ccc([N+](=O)[O-])cc1. The van der Waals surface area contributed by atoms with Crippen molar-refractivity contribution in [2.75, 3.05) is 7.05 Å². The molecule has 27 heavy (non-hydrogen) atoms. The van der Waals surface area contributed by atoms with E-state index in [4.69, 9.17) is 0 Å². The quantitative estimate of drug-likeness (QED) is 0.471. The molecule has 0 unspecified atom stereocenters. The fourth-order valence-electron chi connectivity index (χ4n) is 2.63. The molecule has 0 spiro atoms. The highest BCUT2D eigenvalue weighted by molar-refractivity contribution is 7.89. The van der Waals surface area contributed by atoms with Crippen LogP contribution in [0.4, 0.5) is 14.5 Å². The molecule has 0 amide bonds. The Bertz CT molecular complexity index is 1100. The van der Waals surface area contributed by atoms with Crippen molar-refractivity contribution in [2.24, 2.45) is 0 Å². The first-order valence-electron chi connectivity index (χ1n) is 7.66. The summed E-state index contributed by atoms with van der Waals surface area (Å²) in [7, 11) is -2.82. The second kappa shape index (κ2) is 7.00. The summed E-state index contributed by atoms with van der Waals surface area (Å²) in [6, 6.07) is 10.6. The van der Waals surface area contributed by atoms with Crippen molar-refractivity contribution in [1.82, 2.24) is 13.9 Å². The molecule has 0 fully saturated rings. The van der Waals surface area contributed by atoms with E-state index in [1.165, 1.54) is 13.1 Å². The highest BCUT2D eigenvalue weighted by Gasteiger charge is 2.25. The van der Waals surface area contributed by atoms with Gasteiger partial charge in [0.2, 0.25) is 10.0 Å². The van der Waals surface area contributed by atoms with Gasteiger partial charge < -0.3 is 0 Å². The Labute approximate surface area is 152 Å². The van der Waals surface area contributed by atoms with Gasteiger partial charge in [-0.25, -0.2) is 13.4 Å². The van der Waals surface area contributed by atoms with Gasteiger partial charge in [-0.15, -0.1) is 0 Å². The van der Waals surface area contributed by atoms with E-state index < -0.39 is 28.0 Å². The number of non-ortho nitro benzene ring substituents is 1. The van der Waals surface area contributed by atoms with E-state index in [0.717, 1.165) is 28.6 Å². The average Bonchev–Trinajstić information content (AvgIpc) is 2.99. The molecular weight excluding hydrogens is 382 g/mol. The Morgan fingerprint density at radius 1 is 1.19 bits per heavy atom. The second-order valence-electron chi connectivity index (χ2n) is 5.68. The number of hydrogen-bond donors (Lipinski definition) is 0. The number of nitrogens with zero attached hydrogens (tertiary/aromatic N) is 4. The maximum absolute atomic E-state index is 13.5. The van der Waals surface area contributed by atoms with Crippen LogP contribution in [0.3, 0.4) is 0 Å². The third kappa shape index (κ3) is 3.51. The highest BCUT2D eigenvalue weighted by Crippen LogP contribution is 2.25. The van der Waals surface area contributed by atoms with Crippen LogP contribution in [0, 0.1) is 10.1 Å². The number of benzene rings is 2. The number of nitro groups is 1. The average molecular weight is 396 g/mol. The minimum absolute atomic E-state index is 0.112. The fourth-order valence-corrected chi connectivity index (χ4v) is 3.75. The van der Waals surface area contributed by atoms with Gasteiger partial charge in [0.1, 0.15) is 5.82 Å². The summed E-state index contributed by atoms with van der Waals surface area (Å²) in [5.41, 5.74) is 0.272. The summed E-state index contributed by atoms with van der Waals surface area (Å²) in [4.78, 5) is 14.0. The van der Waals surface area contributed by atoms with E-state index in [1.54, 1.807) is 18.2 Å². The lowest BCUT2D eigenvalue weighted by atomic mass is 10.3. The number of sulfonamides is 1. The van der Waals surface area contributed by atoms with Gasteiger partial charge in [-0.3, -0.25) is 14.7 Å². The van der Waals surface area contributed by atoms with Gasteiger partial charge in [-0.05, 0) is 24.3 Å². The number of aromatic nitrogens is 2. The van der Waals surface area contributed by atoms with Crippen molar-refractivity contribution in [3.8, 4) is 0 Å². The number of para-hydroxylation sites is 2. The van der Waals surface area contributed by atoms with Crippen molar-refractivity contribution in [1.29, 1.82) is 0 Å². The van der Waals surface area contributed by atoms with Gasteiger partial charge in [-0.2, -0.15) is 13.1 Å². The maximum Gasteiger partial charge on any atom is 0.320 e. The zero-order chi connectivity index (χ0) is 19.8. The molecule has 8 nitrogen and oxygen atoms in total. The largest absolute Gasteiger partial charge is 0.320 e. The first-order valence-corrected chi connectivity index (χ1v) is 9.10. The van der Waals surface area contributed by atoms with E-state index >= 15 is 0 Å². The lowest BCUT2D eigenvalue weighted by Gasteiger charge is -2.17. The summed E-state index contributed by atoms with van der Waals surface area (Å²) in [6.07, 6.45) is 0. The number of alkyl halides is 2. The minimum Gasteiger partial charge on any atom is -0.269 e. The van der Waals surface area contributed by atoms with Crippen molar-refractivity contribution < 1.29 is 22.1 Å². The smallest absolute Gasteiger partial charge is 0.269 e. The number of imidazole rings is 1. The lowest BCUT2D eigenvalue weighted by Crippen LogP contribution is -2.28. The number of nitro benzene ring substituents is 1. The van der Waals surface area contributed by atoms with Gasteiger partial charge >= 0.3 is 6.55 Å². The van der Waals surface area contributed by atoms with Crippen LogP contribution in [0.25, 0.3) is 11.0 Å². The van der Waals surface area contributed by atoms with Crippen LogP contribution in [-0.4, -0.2) is 34.2 Å². The molecule has 0 saturated heterocycles. The molecule has 0 aliphatic heterocycles. The van der Waals surface area contributed by atoms with Crippen LogP contribution in [0.1, 0.15) is 12.4 Å². The van der Waals surface area contributed by atoms with Crippen LogP contribution in [0.15, 0.2) is 53.4 Å². The number of fused-ring (bicyclic) bond motifs is 1. The van der Waals surface area contributed by atoms with E-state index in [0.29, 0.717) is 10.1 Å². The van der Waals surface area contributed by atoms with Crippen LogP contribution in [0.5, 0.6) is 0 Å². The Morgan fingerprint density at radius 2 is 1.81 bits per heavy atom. The predicted octanol–water partition coefficient (Wildman–Crippen LogP) is 3.16. The third-order valence-corrected chi connectivity index (χ3v) is 5.80. The van der Waals surface area contributed by atoms with Gasteiger partial charge in [0.25, 0.3) is 5.69 Å². The molecule has 0 atom stereocenters. The molecule has 0 aliphatic carbocycles. The number of hydrogen-bond acceptors (Lipinski definition) is 5. The Kier molecular flexibility index (Phi) is 4.89. The second-order valence-corrected chi connectivity index (χ2v) is 7.72. The molecule has 0 N–H and O–H groups in total. The molecule has 1 heterocycles. The first-order chi connectivity index (χ1) is 12.7. The molecule has 1 aromatic heterocycles. The maximum atomic E-state index is 13.5. The summed E-state index contributed by atoms with van der Waals surface area (Å²) in [6.45, 7) is -3.28. The van der Waals surface area contributed by atoms with Crippen LogP contribution in [0.2, 0.25) is 0 Å². The molecule has 3 aromatic rings. The van der Waals surface area contributed by atoms with E-state index in [1.807, 2.05) is 0 Å². The summed E-state index contributed by atoms with van der Waals surface area (Å²) >= 11 is 0. The minimum atomic E-state index is -4.05. The summed E-state index contributed by atoms with van der Waals surface area (Å²) in [5.74, 6) is -0.112. The standard InChI is InChI=1S/C16H14F2N4O4S/c1-20(27(25,26)12-8-6-11(7-9-12)22(23)24)10-15-19-13-4-2-3-5-14(13)21(15)16(17)18/h2-9,16H,10H2,1H3. The molecule has 142 valence electrons. The van der Waals surface area contributed by atoms with Crippen molar-refractivity contribution in [2.45, 2.75) is 18.0 Å². The van der Waals surface area contributed by atoms with Crippen molar-refractivity contribution >= 4 is 26.7 Å². The fraction of sp³-hybridized carbons (Fsp3) is 0.188. The highest BCUT2D eigenvalue weighted by atomic mass is 32.2. The van der Waals surface area contributed by atoms with Gasteiger partial charge in [0.05, 0.1) is 27.4 Å². The van der Waals surface area contributed by atoms with Gasteiger partial charge in [-0.1, -0.05) is 12.1 Å². The van der Waals surface area contributed by atoms with Crippen LogP contribution in [-0.2, 0) is 16.6 Å². The predicted molar refractivity (Wildman–Crippen MR) is 92.7 cm³/mol. The topological polar surface area (TPSA) is 98.3 Å². The Balaban J connectivity index is 1.94. The molecule has 0 aliphatic rings. The zero-order valence-corrected chi connectivity index (χ0v) is 14.8. The lowest BCUT2D eigenvalue weighted by molar-refractivity contribution is -0.384. The van der Waals surface area contributed by atoms with Crippen molar-refractivity contribution in [3.63, 3.8) is 0 Å². The summed E-state index contributed by atoms with van der Waals surface area (Å²) in [5, 5.41) is 10.7. The Hall–Kier alpha value is -2.92. The van der Waals surface area contributed by atoms with E-state index in [-0.39, 0.29) is 21.9 Å². The molecule has 3 rings (SSSR count). The Morgan fingerprint density at radius 3 is 2.41 bits per heavy atom. The molecule has 0 saturated carbocycles. The molecule has 0 radical (unpaired) electrons. The van der Waals surface area contributed by atoms with Crippen LogP contribution < -0.4 is 0 Å². The first kappa shape index (κ1) is 18.9. The summed E-state index contributed by atoms with van der Waals surface area (Å²) < 4.78 is 53.8. The molecule has 2 aromatic carbocycles. The van der Waals surface area contributed by atoms with Crippen molar-refractivity contribution in [3.05, 3.63) is 64.5 Å². The number of rotatable bonds is 6. The monoisotopic (exact) mass is 396 g/mol.